The van der Waals surface area contributed by atoms with Gasteiger partial charge in [-0.25, -0.2) is 4.98 Å². The summed E-state index contributed by atoms with van der Waals surface area (Å²) in [4.78, 5) is 6.19. The fourth-order valence-corrected chi connectivity index (χ4v) is 2.93. The Labute approximate surface area is 110 Å². The van der Waals surface area contributed by atoms with E-state index >= 15 is 0 Å². The number of thiazole rings is 1. The van der Waals surface area contributed by atoms with Crippen molar-refractivity contribution in [3.8, 4) is 0 Å². The minimum absolute atomic E-state index is 0.715. The molecule has 0 aliphatic heterocycles. The van der Waals surface area contributed by atoms with Gasteiger partial charge in [-0.05, 0) is 31.7 Å². The second-order valence-electron chi connectivity index (χ2n) is 4.96. The third-order valence-corrected chi connectivity index (χ3v) is 3.90. The lowest BCUT2D eigenvalue weighted by Crippen LogP contribution is -2.18. The average Bonchev–Trinajstić information content (AvgIpc) is 2.68. The van der Waals surface area contributed by atoms with E-state index in [1.165, 1.54) is 28.4 Å². The van der Waals surface area contributed by atoms with Crippen molar-refractivity contribution in [1.82, 2.24) is 10.3 Å². The van der Waals surface area contributed by atoms with Crippen LogP contribution in [0.15, 0.2) is 0 Å². The maximum Gasteiger partial charge on any atom is 0.0931 e. The maximum absolute atomic E-state index is 4.74. The van der Waals surface area contributed by atoms with E-state index in [4.69, 9.17) is 4.98 Å². The molecule has 2 nitrogen and oxygen atoms in total. The molecule has 1 aromatic rings. The molecule has 0 saturated carbocycles. The van der Waals surface area contributed by atoms with Gasteiger partial charge in [0.25, 0.3) is 0 Å². The number of hydrogen-bond acceptors (Lipinski definition) is 3. The summed E-state index contributed by atoms with van der Waals surface area (Å²) in [5.41, 5.74) is 1.30. The molecule has 1 N–H and O–H groups in total. The number of nitrogens with one attached hydrogen (secondary N) is 1. The van der Waals surface area contributed by atoms with Crippen LogP contribution in [-0.4, -0.2) is 11.5 Å². The first kappa shape index (κ1) is 14.7. The molecule has 0 radical (unpaired) electrons. The molecule has 0 saturated heterocycles. The van der Waals surface area contributed by atoms with Crippen molar-refractivity contribution in [2.24, 2.45) is 5.92 Å². The third-order valence-electron chi connectivity index (χ3n) is 2.74. The largest absolute Gasteiger partial charge is 0.312 e. The first-order valence-electron chi connectivity index (χ1n) is 6.85. The van der Waals surface area contributed by atoms with E-state index in [9.17, 15) is 0 Å². The smallest absolute Gasteiger partial charge is 0.0931 e. The van der Waals surface area contributed by atoms with E-state index in [1.807, 2.05) is 11.3 Å². The Morgan fingerprint density at radius 1 is 1.29 bits per heavy atom. The van der Waals surface area contributed by atoms with Gasteiger partial charge in [-0.2, -0.15) is 0 Å². The molecule has 0 spiro atoms. The molecular weight excluding hydrogens is 228 g/mol. The van der Waals surface area contributed by atoms with Gasteiger partial charge in [-0.1, -0.05) is 34.1 Å². The summed E-state index contributed by atoms with van der Waals surface area (Å²) in [7, 11) is 0. The highest BCUT2D eigenvalue weighted by Crippen LogP contribution is 2.20. The van der Waals surface area contributed by atoms with Crippen molar-refractivity contribution >= 4 is 11.3 Å². The van der Waals surface area contributed by atoms with E-state index in [1.54, 1.807) is 0 Å². The lowest BCUT2D eigenvalue weighted by Gasteiger charge is -2.06. The highest BCUT2D eigenvalue weighted by molar-refractivity contribution is 7.11. The Morgan fingerprint density at radius 3 is 2.65 bits per heavy atom. The van der Waals surface area contributed by atoms with Crippen molar-refractivity contribution < 1.29 is 0 Å². The molecule has 17 heavy (non-hydrogen) atoms. The van der Waals surface area contributed by atoms with E-state index in [2.05, 4.69) is 33.0 Å². The summed E-state index contributed by atoms with van der Waals surface area (Å²) >= 11 is 1.90. The van der Waals surface area contributed by atoms with Crippen LogP contribution in [-0.2, 0) is 19.4 Å². The Kier molecular flexibility index (Phi) is 6.75. The molecule has 1 rings (SSSR count). The number of unbranched alkanes of at least 4 members (excludes halogenated alkanes) is 1. The Hall–Kier alpha value is -0.410. The van der Waals surface area contributed by atoms with E-state index in [0.29, 0.717) is 5.92 Å². The van der Waals surface area contributed by atoms with Gasteiger partial charge in [0.05, 0.1) is 10.7 Å². The second kappa shape index (κ2) is 7.83. The highest BCUT2D eigenvalue weighted by atomic mass is 32.1. The van der Waals surface area contributed by atoms with Gasteiger partial charge in [0.15, 0.2) is 0 Å². The molecule has 0 aromatic carbocycles. The number of rotatable bonds is 8. The van der Waals surface area contributed by atoms with E-state index < -0.39 is 0 Å². The zero-order valence-electron chi connectivity index (χ0n) is 11.7. The van der Waals surface area contributed by atoms with Crippen molar-refractivity contribution in [3.63, 3.8) is 0 Å². The minimum atomic E-state index is 0.715. The molecule has 1 heterocycles. The van der Waals surface area contributed by atoms with Gasteiger partial charge in [0.2, 0.25) is 0 Å². The van der Waals surface area contributed by atoms with Crippen LogP contribution in [0.5, 0.6) is 0 Å². The summed E-state index contributed by atoms with van der Waals surface area (Å²) in [6, 6.07) is 0. The molecule has 1 aromatic heterocycles. The molecule has 0 amide bonds. The van der Waals surface area contributed by atoms with Crippen molar-refractivity contribution in [2.75, 3.05) is 6.54 Å². The number of nitrogens with zero attached hydrogens (tertiary/aromatic N) is 1. The Balaban J connectivity index is 2.53. The summed E-state index contributed by atoms with van der Waals surface area (Å²) in [6.45, 7) is 11.0. The number of hydrogen-bond donors (Lipinski definition) is 1. The molecule has 0 unspecified atom stereocenters. The monoisotopic (exact) mass is 254 g/mol. The molecular formula is C14H26N2S. The van der Waals surface area contributed by atoms with Gasteiger partial charge in [0, 0.05) is 11.4 Å². The number of aryl methyl sites for hydroxylation is 2. The standard InChI is InChI=1S/C14H26N2S/c1-5-7-8-14-16-12(6-2)13(17-14)10-15-9-11(3)4/h11,15H,5-10H2,1-4H3. The van der Waals surface area contributed by atoms with Crippen molar-refractivity contribution in [1.29, 1.82) is 0 Å². The topological polar surface area (TPSA) is 24.9 Å². The minimum Gasteiger partial charge on any atom is -0.312 e. The van der Waals surface area contributed by atoms with Crippen LogP contribution in [0, 0.1) is 5.92 Å². The van der Waals surface area contributed by atoms with E-state index in [-0.39, 0.29) is 0 Å². The van der Waals surface area contributed by atoms with Crippen molar-refractivity contribution in [2.45, 2.75) is 59.9 Å². The fraction of sp³-hybridized carbons (Fsp3) is 0.786. The van der Waals surface area contributed by atoms with E-state index in [0.717, 1.165) is 25.9 Å². The number of aromatic nitrogens is 1. The predicted octanol–water partition coefficient (Wildman–Crippen LogP) is 3.79. The van der Waals surface area contributed by atoms with Gasteiger partial charge in [-0.3, -0.25) is 0 Å². The first-order valence-corrected chi connectivity index (χ1v) is 7.67. The molecule has 98 valence electrons. The van der Waals surface area contributed by atoms with Crippen LogP contribution in [0.25, 0.3) is 0 Å². The SMILES string of the molecule is CCCCc1nc(CC)c(CNCC(C)C)s1. The van der Waals surface area contributed by atoms with Crippen LogP contribution in [0.1, 0.15) is 56.1 Å². The van der Waals surface area contributed by atoms with Crippen LogP contribution in [0.4, 0.5) is 0 Å². The molecule has 0 atom stereocenters. The lowest BCUT2D eigenvalue weighted by atomic mass is 10.2. The maximum atomic E-state index is 4.74. The van der Waals surface area contributed by atoms with Gasteiger partial charge in [0.1, 0.15) is 0 Å². The normalized spacial score (nSPS) is 11.4. The van der Waals surface area contributed by atoms with Gasteiger partial charge >= 0.3 is 0 Å². The van der Waals surface area contributed by atoms with Crippen LogP contribution in [0.3, 0.4) is 0 Å². The fourth-order valence-electron chi connectivity index (χ4n) is 1.76. The summed E-state index contributed by atoms with van der Waals surface area (Å²) in [5, 5.41) is 4.84. The van der Waals surface area contributed by atoms with Crippen LogP contribution in [0.2, 0.25) is 0 Å². The third kappa shape index (κ3) is 5.17. The molecule has 0 fully saturated rings. The Morgan fingerprint density at radius 2 is 2.06 bits per heavy atom. The van der Waals surface area contributed by atoms with Crippen LogP contribution < -0.4 is 5.32 Å². The van der Waals surface area contributed by atoms with Crippen LogP contribution >= 0.6 is 11.3 Å². The zero-order valence-corrected chi connectivity index (χ0v) is 12.5. The highest BCUT2D eigenvalue weighted by Gasteiger charge is 2.09. The van der Waals surface area contributed by atoms with Crippen molar-refractivity contribution in [3.05, 3.63) is 15.6 Å². The van der Waals surface area contributed by atoms with Gasteiger partial charge < -0.3 is 5.32 Å². The Bertz CT molecular complexity index is 318. The zero-order chi connectivity index (χ0) is 12.7. The predicted molar refractivity (Wildman–Crippen MR) is 76.6 cm³/mol. The lowest BCUT2D eigenvalue weighted by molar-refractivity contribution is 0.553. The molecule has 3 heteroatoms. The average molecular weight is 254 g/mol. The van der Waals surface area contributed by atoms with Gasteiger partial charge in [-0.15, -0.1) is 11.3 Å². The molecule has 0 aliphatic carbocycles. The first-order chi connectivity index (χ1) is 8.17. The quantitative estimate of drug-likeness (QED) is 0.763. The summed E-state index contributed by atoms with van der Waals surface area (Å²) in [5.74, 6) is 0.715. The summed E-state index contributed by atoms with van der Waals surface area (Å²) < 4.78 is 0. The molecule has 0 aliphatic rings. The second-order valence-corrected chi connectivity index (χ2v) is 6.13. The molecule has 0 bridgehead atoms. The summed E-state index contributed by atoms with van der Waals surface area (Å²) in [6.07, 6.45) is 4.72.